The Morgan fingerprint density at radius 2 is 2.14 bits per heavy atom. The van der Waals surface area contributed by atoms with Gasteiger partial charge in [-0.3, -0.25) is 9.59 Å². The number of ether oxygens (including phenoxy) is 1. The molecule has 1 rings (SSSR count). The van der Waals surface area contributed by atoms with Crippen LogP contribution in [-0.2, 0) is 19.2 Å². The molecule has 0 aliphatic carbocycles. The molecule has 1 heterocycles. The summed E-state index contributed by atoms with van der Waals surface area (Å²) in [5.74, 6) is -1.23. The summed E-state index contributed by atoms with van der Waals surface area (Å²) in [4.78, 5) is 27.3. The number of carbonyl (C=O) groups is 2. The molecule has 0 aromatic heterocycles. The van der Waals surface area contributed by atoms with Crippen molar-refractivity contribution in [1.29, 1.82) is 0 Å². The first-order valence-corrected chi connectivity index (χ1v) is 4.08. The van der Waals surface area contributed by atoms with E-state index in [1.165, 1.54) is 14.2 Å². The van der Waals surface area contributed by atoms with E-state index in [1.807, 2.05) is 0 Å². The molecule has 1 fully saturated rings. The van der Waals surface area contributed by atoms with Gasteiger partial charge in [0.2, 0.25) is 0 Å². The van der Waals surface area contributed by atoms with Gasteiger partial charge in [-0.2, -0.15) is 5.06 Å². The molecule has 82 valence electrons. The summed E-state index contributed by atoms with van der Waals surface area (Å²) in [6, 6.07) is 0. The van der Waals surface area contributed by atoms with Crippen LogP contribution in [0.1, 0.15) is 13.8 Å². The van der Waals surface area contributed by atoms with E-state index in [9.17, 15) is 9.59 Å². The van der Waals surface area contributed by atoms with Gasteiger partial charge in [0.05, 0.1) is 14.2 Å². The number of nitrogens with zero attached hydrogens (tertiary/aromatic N) is 1. The maximum absolute atomic E-state index is 11.3. The Kier molecular flexibility index (Phi) is 5.34. The topological polar surface area (TPSA) is 55.8 Å². The van der Waals surface area contributed by atoms with Gasteiger partial charge in [0.1, 0.15) is 11.7 Å². The number of rotatable bonds is 2. The molecule has 0 spiro atoms. The van der Waals surface area contributed by atoms with Crippen LogP contribution in [0.5, 0.6) is 0 Å². The summed E-state index contributed by atoms with van der Waals surface area (Å²) >= 11 is 0. The van der Waals surface area contributed by atoms with E-state index in [-0.39, 0.29) is 13.2 Å². The molecule has 5 heteroatoms. The van der Waals surface area contributed by atoms with Crippen molar-refractivity contribution in [2.24, 2.45) is 5.92 Å². The second-order valence-electron chi connectivity index (χ2n) is 2.86. The van der Waals surface area contributed by atoms with Crippen LogP contribution in [0, 0.1) is 5.92 Å². The summed E-state index contributed by atoms with van der Waals surface area (Å²) in [6.07, 6.45) is 0.341. The molecule has 0 aromatic rings. The van der Waals surface area contributed by atoms with Crippen molar-refractivity contribution >= 4 is 11.8 Å². The Balaban J connectivity index is 0.00000169. The average Bonchev–Trinajstić information content (AvgIpc) is 2.17. The van der Waals surface area contributed by atoms with E-state index in [2.05, 4.69) is 4.74 Å². The largest absolute Gasteiger partial charge is 0.468 e. The van der Waals surface area contributed by atoms with Crippen LogP contribution in [0.2, 0.25) is 0 Å². The Bertz CT molecular complexity index is 209. The Labute approximate surface area is 83.9 Å². The summed E-state index contributed by atoms with van der Waals surface area (Å²) in [6.45, 7) is 0.838. The van der Waals surface area contributed by atoms with Crippen molar-refractivity contribution in [1.82, 2.24) is 5.06 Å². The number of methoxy groups -OCH3 is 1. The first-order chi connectivity index (χ1) is 6.19. The molecule has 0 N–H and O–H groups in total. The van der Waals surface area contributed by atoms with Gasteiger partial charge in [0.25, 0.3) is 0 Å². The van der Waals surface area contributed by atoms with Crippen molar-refractivity contribution in [3.8, 4) is 0 Å². The fraction of sp³-hybridized carbons (Fsp3) is 0.778. The second kappa shape index (κ2) is 5.72. The lowest BCUT2D eigenvalue weighted by Crippen LogP contribution is -2.44. The first-order valence-electron chi connectivity index (χ1n) is 4.08. The smallest absolute Gasteiger partial charge is 0.317 e. The molecule has 0 radical (unpaired) electrons. The predicted molar refractivity (Wildman–Crippen MR) is 50.4 cm³/mol. The third kappa shape index (κ3) is 2.78. The first kappa shape index (κ1) is 13.1. The van der Waals surface area contributed by atoms with Crippen LogP contribution >= 0.6 is 0 Å². The molecule has 14 heavy (non-hydrogen) atoms. The van der Waals surface area contributed by atoms with E-state index in [0.717, 1.165) is 0 Å². The molecule has 0 bridgehead atoms. The van der Waals surface area contributed by atoms with E-state index in [4.69, 9.17) is 4.84 Å². The number of hydrogen-bond donors (Lipinski definition) is 0. The monoisotopic (exact) mass is 203 g/mol. The van der Waals surface area contributed by atoms with E-state index >= 15 is 0 Å². The lowest BCUT2D eigenvalue weighted by Gasteiger charge is -2.27. The summed E-state index contributed by atoms with van der Waals surface area (Å²) < 4.78 is 4.51. The number of hydrogen-bond acceptors (Lipinski definition) is 5. The van der Waals surface area contributed by atoms with Crippen molar-refractivity contribution in [2.75, 3.05) is 27.3 Å². The highest BCUT2D eigenvalue weighted by Gasteiger charge is 2.33. The SMILES string of the molecule is C.COC(=O)C1CN(OC)CCC1=O. The Hall–Kier alpha value is -0.940. The minimum atomic E-state index is -0.682. The fourth-order valence-corrected chi connectivity index (χ4v) is 1.32. The van der Waals surface area contributed by atoms with Crippen LogP contribution < -0.4 is 0 Å². The third-order valence-corrected chi connectivity index (χ3v) is 2.13. The molecule has 0 saturated carbocycles. The number of hydroxylamine groups is 2. The normalized spacial score (nSPS) is 22.7. The number of Topliss-reactive ketones (excluding diaryl/α,β-unsaturated/α-hetero) is 1. The number of esters is 1. The molecule has 1 saturated heterocycles. The molecular formula is C9H17NO4. The van der Waals surface area contributed by atoms with E-state index in [1.54, 1.807) is 5.06 Å². The highest BCUT2D eigenvalue weighted by molar-refractivity contribution is 5.99. The van der Waals surface area contributed by atoms with Gasteiger partial charge < -0.3 is 9.57 Å². The minimum absolute atomic E-state index is 0. The van der Waals surface area contributed by atoms with Crippen LogP contribution in [0.4, 0.5) is 0 Å². The molecular weight excluding hydrogens is 186 g/mol. The predicted octanol–water partition coefficient (Wildman–Crippen LogP) is 0.248. The molecule has 0 aromatic carbocycles. The van der Waals surface area contributed by atoms with Crippen molar-refractivity contribution < 1.29 is 19.2 Å². The van der Waals surface area contributed by atoms with Crippen LogP contribution in [0.15, 0.2) is 0 Å². The Morgan fingerprint density at radius 3 is 2.64 bits per heavy atom. The highest BCUT2D eigenvalue weighted by Crippen LogP contribution is 2.13. The van der Waals surface area contributed by atoms with Crippen LogP contribution in [0.3, 0.4) is 0 Å². The summed E-state index contributed by atoms with van der Waals surface area (Å²) in [7, 11) is 2.80. The lowest BCUT2D eigenvalue weighted by atomic mass is 9.98. The molecule has 1 unspecified atom stereocenters. The average molecular weight is 203 g/mol. The molecule has 1 atom stereocenters. The maximum atomic E-state index is 11.3. The van der Waals surface area contributed by atoms with Gasteiger partial charge in [0.15, 0.2) is 0 Å². The molecule has 5 nitrogen and oxygen atoms in total. The zero-order valence-corrected chi connectivity index (χ0v) is 7.78. The molecule has 0 amide bonds. The minimum Gasteiger partial charge on any atom is -0.468 e. The van der Waals surface area contributed by atoms with Crippen molar-refractivity contribution in [2.45, 2.75) is 13.8 Å². The van der Waals surface area contributed by atoms with Crippen LogP contribution in [-0.4, -0.2) is 44.1 Å². The van der Waals surface area contributed by atoms with Gasteiger partial charge in [-0.1, -0.05) is 7.43 Å². The summed E-state index contributed by atoms with van der Waals surface area (Å²) in [5.41, 5.74) is 0. The zero-order chi connectivity index (χ0) is 9.84. The van der Waals surface area contributed by atoms with Crippen LogP contribution in [0.25, 0.3) is 0 Å². The number of carbonyl (C=O) groups excluding carboxylic acids is 2. The fourth-order valence-electron chi connectivity index (χ4n) is 1.32. The highest BCUT2D eigenvalue weighted by atomic mass is 16.7. The standard InChI is InChI=1S/C8H13NO4.CH4/c1-12-8(11)6-5-9(13-2)4-3-7(6)10;/h6H,3-5H2,1-2H3;1H4. The van der Waals surface area contributed by atoms with Crippen molar-refractivity contribution in [3.63, 3.8) is 0 Å². The molecule has 1 aliphatic heterocycles. The van der Waals surface area contributed by atoms with Crippen molar-refractivity contribution in [3.05, 3.63) is 0 Å². The van der Waals surface area contributed by atoms with E-state index < -0.39 is 11.9 Å². The lowest BCUT2D eigenvalue weighted by molar-refractivity contribution is -0.175. The quantitative estimate of drug-likeness (QED) is 0.475. The van der Waals surface area contributed by atoms with Gasteiger partial charge >= 0.3 is 5.97 Å². The van der Waals surface area contributed by atoms with Gasteiger partial charge in [-0.25, -0.2) is 0 Å². The van der Waals surface area contributed by atoms with Gasteiger partial charge in [-0.05, 0) is 0 Å². The number of ketones is 1. The Morgan fingerprint density at radius 1 is 1.50 bits per heavy atom. The zero-order valence-electron chi connectivity index (χ0n) is 7.78. The second-order valence-corrected chi connectivity index (χ2v) is 2.86. The molecule has 1 aliphatic rings. The van der Waals surface area contributed by atoms with Gasteiger partial charge in [0, 0.05) is 19.5 Å². The van der Waals surface area contributed by atoms with E-state index in [0.29, 0.717) is 19.5 Å². The third-order valence-electron chi connectivity index (χ3n) is 2.13. The maximum Gasteiger partial charge on any atom is 0.317 e. The summed E-state index contributed by atoms with van der Waals surface area (Å²) in [5, 5.41) is 1.59. The number of piperidine rings is 1. The van der Waals surface area contributed by atoms with Gasteiger partial charge in [-0.15, -0.1) is 0 Å².